The summed E-state index contributed by atoms with van der Waals surface area (Å²) in [5, 5.41) is 2.88. The molecule has 3 aromatic rings. The number of benzene rings is 3. The van der Waals surface area contributed by atoms with Crippen molar-refractivity contribution in [2.24, 2.45) is 0 Å². The van der Waals surface area contributed by atoms with Crippen molar-refractivity contribution in [2.45, 2.75) is 32.1 Å². The molecule has 0 aliphatic carbocycles. The lowest BCUT2D eigenvalue weighted by Gasteiger charge is -2.25. The summed E-state index contributed by atoms with van der Waals surface area (Å²) in [5.41, 5.74) is 5.70. The van der Waals surface area contributed by atoms with Crippen molar-refractivity contribution in [3.8, 4) is 0 Å². The van der Waals surface area contributed by atoms with E-state index in [2.05, 4.69) is 31.3 Å². The molecular weight excluding hydrogens is 404 g/mol. The number of carbonyl (C=O) groups is 2. The van der Waals surface area contributed by atoms with Crippen LogP contribution in [-0.4, -0.2) is 17.6 Å². The quantitative estimate of drug-likeness (QED) is 0.534. The van der Waals surface area contributed by atoms with Crippen molar-refractivity contribution in [3.63, 3.8) is 0 Å². The zero-order valence-electron chi connectivity index (χ0n) is 17.8. The van der Waals surface area contributed by atoms with Gasteiger partial charge in [-0.05, 0) is 65.9 Å². The van der Waals surface area contributed by atoms with Crippen LogP contribution >= 0.6 is 11.8 Å². The van der Waals surface area contributed by atoms with Crippen LogP contribution in [0.2, 0.25) is 0 Å². The molecule has 31 heavy (non-hydrogen) atoms. The van der Waals surface area contributed by atoms with E-state index in [1.54, 1.807) is 11.8 Å². The number of carbonyl (C=O) groups excluding carboxylic acids is 2. The van der Waals surface area contributed by atoms with Gasteiger partial charge < -0.3 is 5.32 Å². The largest absolute Gasteiger partial charge is 0.322 e. The van der Waals surface area contributed by atoms with E-state index in [9.17, 15) is 9.59 Å². The highest BCUT2D eigenvalue weighted by Gasteiger charge is 2.34. The maximum Gasteiger partial charge on any atom is 0.255 e. The molecule has 1 saturated heterocycles. The second-order valence-corrected chi connectivity index (χ2v) is 8.65. The van der Waals surface area contributed by atoms with Gasteiger partial charge in [-0.15, -0.1) is 11.8 Å². The van der Waals surface area contributed by atoms with E-state index < -0.39 is 0 Å². The minimum absolute atomic E-state index is 0.102. The minimum atomic E-state index is -0.137. The average molecular weight is 431 g/mol. The summed E-state index contributed by atoms with van der Waals surface area (Å²) in [5.74, 6) is 0.410. The van der Waals surface area contributed by atoms with Gasteiger partial charge >= 0.3 is 0 Å². The molecule has 1 aliphatic heterocycles. The molecule has 4 rings (SSSR count). The summed E-state index contributed by atoms with van der Waals surface area (Å²) >= 11 is 1.61. The smallest absolute Gasteiger partial charge is 0.255 e. The van der Waals surface area contributed by atoms with Crippen LogP contribution in [0.15, 0.2) is 72.8 Å². The van der Waals surface area contributed by atoms with Crippen LogP contribution in [0.4, 0.5) is 11.4 Å². The number of anilines is 2. The molecular formula is C26H26N2O2S. The van der Waals surface area contributed by atoms with Crippen molar-refractivity contribution in [2.75, 3.05) is 16.0 Å². The van der Waals surface area contributed by atoms with E-state index in [-0.39, 0.29) is 17.2 Å². The SMILES string of the molecule is CCc1ccc(C(=O)Nc2cccc(C3SCC(=O)N3c3ccc(CC)cc3)c2)cc1. The third-order valence-corrected chi connectivity index (χ3v) is 6.76. The van der Waals surface area contributed by atoms with Crippen LogP contribution in [0.3, 0.4) is 0 Å². The third kappa shape index (κ3) is 4.67. The number of aryl methyl sites for hydroxylation is 2. The van der Waals surface area contributed by atoms with Gasteiger partial charge in [0.05, 0.1) is 5.75 Å². The third-order valence-electron chi connectivity index (χ3n) is 5.54. The van der Waals surface area contributed by atoms with Gasteiger partial charge in [0.2, 0.25) is 5.91 Å². The highest BCUT2D eigenvalue weighted by Crippen LogP contribution is 2.42. The molecule has 5 heteroatoms. The van der Waals surface area contributed by atoms with Crippen LogP contribution in [0.25, 0.3) is 0 Å². The summed E-state index contributed by atoms with van der Waals surface area (Å²) in [6, 6.07) is 23.6. The lowest BCUT2D eigenvalue weighted by atomic mass is 10.1. The molecule has 3 aromatic carbocycles. The Hall–Kier alpha value is -3.05. The molecule has 1 aliphatic rings. The van der Waals surface area contributed by atoms with Crippen LogP contribution in [0.1, 0.15) is 46.3 Å². The van der Waals surface area contributed by atoms with E-state index >= 15 is 0 Å². The second kappa shape index (κ2) is 9.40. The maximum absolute atomic E-state index is 12.7. The molecule has 0 bridgehead atoms. The molecule has 2 amide bonds. The summed E-state index contributed by atoms with van der Waals surface area (Å²) in [6.07, 6.45) is 1.91. The van der Waals surface area contributed by atoms with Crippen molar-refractivity contribution in [1.29, 1.82) is 0 Å². The lowest BCUT2D eigenvalue weighted by Crippen LogP contribution is -2.27. The Balaban J connectivity index is 1.54. The molecule has 1 atom stereocenters. The summed E-state index contributed by atoms with van der Waals surface area (Å²) in [7, 11) is 0. The van der Waals surface area contributed by atoms with Crippen LogP contribution in [-0.2, 0) is 17.6 Å². The number of hydrogen-bond donors (Lipinski definition) is 1. The molecule has 1 unspecified atom stereocenters. The number of thioether (sulfide) groups is 1. The molecule has 0 radical (unpaired) electrons. The standard InChI is InChI=1S/C26H26N2O2S/c1-3-18-8-12-20(13-9-18)25(30)27-22-7-5-6-21(16-22)26-28(24(29)17-31-26)23-14-10-19(4-2)11-15-23/h5-16,26H,3-4,17H2,1-2H3,(H,27,30). The highest BCUT2D eigenvalue weighted by molar-refractivity contribution is 8.00. The molecule has 1 N–H and O–H groups in total. The predicted molar refractivity (Wildman–Crippen MR) is 129 cm³/mol. The van der Waals surface area contributed by atoms with E-state index in [4.69, 9.17) is 0 Å². The van der Waals surface area contributed by atoms with Gasteiger partial charge in [-0.1, -0.05) is 50.2 Å². The summed E-state index contributed by atoms with van der Waals surface area (Å²) in [4.78, 5) is 27.2. The first-order valence-corrected chi connectivity index (χ1v) is 11.7. The van der Waals surface area contributed by atoms with E-state index in [1.807, 2.05) is 65.6 Å². The molecule has 0 aromatic heterocycles. The van der Waals surface area contributed by atoms with Crippen LogP contribution < -0.4 is 10.2 Å². The Labute approximate surface area is 187 Å². The molecule has 0 saturated carbocycles. The normalized spacial score (nSPS) is 15.9. The fourth-order valence-electron chi connectivity index (χ4n) is 3.71. The Kier molecular flexibility index (Phi) is 6.42. The Bertz CT molecular complexity index is 1080. The summed E-state index contributed by atoms with van der Waals surface area (Å²) < 4.78 is 0. The Morgan fingerprint density at radius 2 is 1.61 bits per heavy atom. The van der Waals surface area contributed by atoms with Crippen LogP contribution in [0.5, 0.6) is 0 Å². The van der Waals surface area contributed by atoms with Crippen molar-refractivity contribution >= 4 is 35.0 Å². The van der Waals surface area contributed by atoms with Gasteiger partial charge in [-0.2, -0.15) is 0 Å². The van der Waals surface area contributed by atoms with Crippen molar-refractivity contribution in [3.05, 3.63) is 95.1 Å². The van der Waals surface area contributed by atoms with Gasteiger partial charge in [0, 0.05) is 16.9 Å². The van der Waals surface area contributed by atoms with E-state index in [0.29, 0.717) is 11.3 Å². The van der Waals surface area contributed by atoms with Crippen LogP contribution in [0, 0.1) is 0 Å². The Morgan fingerprint density at radius 1 is 0.968 bits per heavy atom. The summed E-state index contributed by atoms with van der Waals surface area (Å²) in [6.45, 7) is 4.21. The molecule has 4 nitrogen and oxygen atoms in total. The average Bonchev–Trinajstić information content (AvgIpc) is 3.20. The molecule has 1 heterocycles. The number of nitrogens with zero attached hydrogens (tertiary/aromatic N) is 1. The van der Waals surface area contributed by atoms with Crippen molar-refractivity contribution in [1.82, 2.24) is 0 Å². The molecule has 1 fully saturated rings. The zero-order chi connectivity index (χ0) is 21.8. The second-order valence-electron chi connectivity index (χ2n) is 7.58. The molecule has 158 valence electrons. The first-order chi connectivity index (χ1) is 15.1. The fraction of sp³-hybridized carbons (Fsp3) is 0.231. The number of amides is 2. The zero-order valence-corrected chi connectivity index (χ0v) is 18.6. The van der Waals surface area contributed by atoms with E-state index in [0.717, 1.165) is 29.8 Å². The number of rotatable bonds is 6. The topological polar surface area (TPSA) is 49.4 Å². The minimum Gasteiger partial charge on any atom is -0.322 e. The molecule has 0 spiro atoms. The van der Waals surface area contributed by atoms with Gasteiger partial charge in [0.25, 0.3) is 5.91 Å². The predicted octanol–water partition coefficient (Wildman–Crippen LogP) is 5.84. The van der Waals surface area contributed by atoms with E-state index in [1.165, 1.54) is 11.1 Å². The number of nitrogens with one attached hydrogen (secondary N) is 1. The Morgan fingerprint density at radius 3 is 2.26 bits per heavy atom. The maximum atomic E-state index is 12.7. The van der Waals surface area contributed by atoms with Crippen molar-refractivity contribution < 1.29 is 9.59 Å². The van der Waals surface area contributed by atoms with Gasteiger partial charge in [-0.25, -0.2) is 0 Å². The van der Waals surface area contributed by atoms with Gasteiger partial charge in [0.15, 0.2) is 0 Å². The number of hydrogen-bond acceptors (Lipinski definition) is 3. The fourth-order valence-corrected chi connectivity index (χ4v) is 4.87. The van der Waals surface area contributed by atoms with Gasteiger partial charge in [0.1, 0.15) is 5.37 Å². The first-order valence-electron chi connectivity index (χ1n) is 10.6. The highest BCUT2D eigenvalue weighted by atomic mass is 32.2. The monoisotopic (exact) mass is 430 g/mol. The lowest BCUT2D eigenvalue weighted by molar-refractivity contribution is -0.115. The van der Waals surface area contributed by atoms with Gasteiger partial charge in [-0.3, -0.25) is 14.5 Å². The first kappa shape index (κ1) is 21.2.